The second-order valence-corrected chi connectivity index (χ2v) is 4.23. The third-order valence-electron chi connectivity index (χ3n) is 1.68. The molecule has 3 nitrogen and oxygen atoms in total. The number of halogens is 1. The lowest BCUT2D eigenvalue weighted by Crippen LogP contribution is -2.29. The molecule has 1 aromatic rings. The van der Waals surface area contributed by atoms with E-state index in [-0.39, 0.29) is 0 Å². The Morgan fingerprint density at radius 1 is 1.57 bits per heavy atom. The van der Waals surface area contributed by atoms with Gasteiger partial charge in [0.2, 0.25) is 0 Å². The Morgan fingerprint density at radius 3 is 3.00 bits per heavy atom. The van der Waals surface area contributed by atoms with Crippen molar-refractivity contribution in [1.29, 1.82) is 0 Å². The van der Waals surface area contributed by atoms with E-state index < -0.39 is 6.10 Å². The average molecular weight is 307 g/mol. The van der Waals surface area contributed by atoms with E-state index in [0.29, 0.717) is 13.2 Å². The summed E-state index contributed by atoms with van der Waals surface area (Å²) in [6.45, 7) is 0.866. The fraction of sp³-hybridized carbons (Fsp3) is 0.400. The Bertz CT molecular complexity index is 281. The molecule has 0 aliphatic heterocycles. The van der Waals surface area contributed by atoms with Crippen LogP contribution in [0.25, 0.3) is 0 Å². The summed E-state index contributed by atoms with van der Waals surface area (Å²) in [4.78, 5) is 0. The second kappa shape index (κ2) is 6.21. The SMILES string of the molecule is CNCC(O)COc1cccc(I)c1. The molecule has 0 bridgehead atoms. The van der Waals surface area contributed by atoms with Gasteiger partial charge in [-0.05, 0) is 47.8 Å². The van der Waals surface area contributed by atoms with Crippen LogP contribution in [-0.4, -0.2) is 31.4 Å². The fourth-order valence-corrected chi connectivity index (χ4v) is 1.56. The van der Waals surface area contributed by atoms with Crippen LogP contribution in [0.2, 0.25) is 0 Å². The van der Waals surface area contributed by atoms with E-state index in [1.165, 1.54) is 0 Å². The highest BCUT2D eigenvalue weighted by atomic mass is 127. The summed E-state index contributed by atoms with van der Waals surface area (Å²) < 4.78 is 6.53. The number of hydrogen-bond donors (Lipinski definition) is 2. The zero-order chi connectivity index (χ0) is 10.4. The predicted octanol–water partition coefficient (Wildman–Crippen LogP) is 1.25. The minimum absolute atomic E-state index is 0.320. The summed E-state index contributed by atoms with van der Waals surface area (Å²) in [5, 5.41) is 12.3. The normalized spacial score (nSPS) is 12.5. The van der Waals surface area contributed by atoms with E-state index in [0.717, 1.165) is 9.32 Å². The number of nitrogens with one attached hydrogen (secondary N) is 1. The van der Waals surface area contributed by atoms with Gasteiger partial charge in [0, 0.05) is 10.1 Å². The molecule has 0 saturated carbocycles. The summed E-state index contributed by atoms with van der Waals surface area (Å²) in [6, 6.07) is 7.75. The van der Waals surface area contributed by atoms with Crippen molar-refractivity contribution < 1.29 is 9.84 Å². The van der Waals surface area contributed by atoms with Crippen molar-refractivity contribution in [3.05, 3.63) is 27.8 Å². The number of aliphatic hydroxyl groups excluding tert-OH is 1. The number of rotatable bonds is 5. The smallest absolute Gasteiger partial charge is 0.120 e. The number of aliphatic hydroxyl groups is 1. The lowest BCUT2D eigenvalue weighted by Gasteiger charge is -2.11. The van der Waals surface area contributed by atoms with Gasteiger partial charge >= 0.3 is 0 Å². The van der Waals surface area contributed by atoms with Crippen molar-refractivity contribution in [2.24, 2.45) is 0 Å². The number of hydrogen-bond acceptors (Lipinski definition) is 3. The van der Waals surface area contributed by atoms with Gasteiger partial charge in [0.1, 0.15) is 18.5 Å². The molecule has 1 rings (SSSR count). The summed E-state index contributed by atoms with van der Waals surface area (Å²) in [5.41, 5.74) is 0. The molecule has 4 heteroatoms. The molecule has 14 heavy (non-hydrogen) atoms. The first-order chi connectivity index (χ1) is 6.72. The fourth-order valence-electron chi connectivity index (χ4n) is 1.04. The van der Waals surface area contributed by atoms with Crippen LogP contribution < -0.4 is 10.1 Å². The van der Waals surface area contributed by atoms with Crippen molar-refractivity contribution >= 4 is 22.6 Å². The van der Waals surface area contributed by atoms with Crippen molar-refractivity contribution in [3.8, 4) is 5.75 Å². The Morgan fingerprint density at radius 2 is 2.36 bits per heavy atom. The third-order valence-corrected chi connectivity index (χ3v) is 2.35. The van der Waals surface area contributed by atoms with Crippen LogP contribution >= 0.6 is 22.6 Å². The van der Waals surface area contributed by atoms with Crippen molar-refractivity contribution in [1.82, 2.24) is 5.32 Å². The molecule has 1 unspecified atom stereocenters. The minimum Gasteiger partial charge on any atom is -0.491 e. The van der Waals surface area contributed by atoms with Gasteiger partial charge in [-0.3, -0.25) is 0 Å². The molecular weight excluding hydrogens is 293 g/mol. The maximum atomic E-state index is 9.39. The Balaban J connectivity index is 2.37. The minimum atomic E-state index is -0.460. The first-order valence-corrected chi connectivity index (χ1v) is 5.51. The zero-order valence-electron chi connectivity index (χ0n) is 8.03. The molecule has 0 aliphatic carbocycles. The van der Waals surface area contributed by atoms with E-state index in [2.05, 4.69) is 27.9 Å². The van der Waals surface area contributed by atoms with Crippen LogP contribution in [0.5, 0.6) is 5.75 Å². The van der Waals surface area contributed by atoms with Crippen LogP contribution in [0.1, 0.15) is 0 Å². The summed E-state index contributed by atoms with van der Waals surface area (Å²) in [7, 11) is 1.80. The Kier molecular flexibility index (Phi) is 5.21. The molecule has 78 valence electrons. The van der Waals surface area contributed by atoms with Gasteiger partial charge in [0.25, 0.3) is 0 Å². The highest BCUT2D eigenvalue weighted by Crippen LogP contribution is 2.14. The highest BCUT2D eigenvalue weighted by Gasteiger charge is 2.03. The summed E-state index contributed by atoms with van der Waals surface area (Å²) >= 11 is 2.22. The quantitative estimate of drug-likeness (QED) is 0.805. The Hall–Kier alpha value is -0.330. The maximum absolute atomic E-state index is 9.39. The zero-order valence-corrected chi connectivity index (χ0v) is 10.2. The van der Waals surface area contributed by atoms with Crippen LogP contribution in [-0.2, 0) is 0 Å². The first kappa shape index (κ1) is 11.7. The predicted molar refractivity (Wildman–Crippen MR) is 64.6 cm³/mol. The molecule has 0 saturated heterocycles. The van der Waals surface area contributed by atoms with Gasteiger partial charge in [0.15, 0.2) is 0 Å². The number of likely N-dealkylation sites (N-methyl/N-ethyl adjacent to an activating group) is 1. The molecule has 0 radical (unpaired) electrons. The van der Waals surface area contributed by atoms with Crippen LogP contribution in [0.3, 0.4) is 0 Å². The van der Waals surface area contributed by atoms with Crippen LogP contribution in [0.15, 0.2) is 24.3 Å². The first-order valence-electron chi connectivity index (χ1n) is 4.43. The molecule has 0 aliphatic rings. The largest absolute Gasteiger partial charge is 0.491 e. The van der Waals surface area contributed by atoms with Crippen LogP contribution in [0.4, 0.5) is 0 Å². The second-order valence-electron chi connectivity index (χ2n) is 2.98. The molecule has 0 amide bonds. The molecule has 0 heterocycles. The molecule has 1 aromatic carbocycles. The van der Waals surface area contributed by atoms with Gasteiger partial charge in [0.05, 0.1) is 0 Å². The molecule has 0 aromatic heterocycles. The van der Waals surface area contributed by atoms with Gasteiger partial charge in [-0.15, -0.1) is 0 Å². The molecule has 0 fully saturated rings. The highest BCUT2D eigenvalue weighted by molar-refractivity contribution is 14.1. The van der Waals surface area contributed by atoms with E-state index in [1.807, 2.05) is 24.3 Å². The van der Waals surface area contributed by atoms with Crippen molar-refractivity contribution in [2.45, 2.75) is 6.10 Å². The third kappa shape index (κ3) is 4.26. The maximum Gasteiger partial charge on any atom is 0.120 e. The van der Waals surface area contributed by atoms with E-state index in [4.69, 9.17) is 4.74 Å². The summed E-state index contributed by atoms with van der Waals surface area (Å²) in [5.74, 6) is 0.798. The van der Waals surface area contributed by atoms with E-state index in [1.54, 1.807) is 7.05 Å². The molecule has 1 atom stereocenters. The number of benzene rings is 1. The molecular formula is C10H14INO2. The lowest BCUT2D eigenvalue weighted by atomic mass is 10.3. The average Bonchev–Trinajstić information content (AvgIpc) is 2.15. The van der Waals surface area contributed by atoms with Crippen molar-refractivity contribution in [3.63, 3.8) is 0 Å². The van der Waals surface area contributed by atoms with Crippen molar-refractivity contribution in [2.75, 3.05) is 20.2 Å². The molecule has 2 N–H and O–H groups in total. The van der Waals surface area contributed by atoms with Gasteiger partial charge in [-0.2, -0.15) is 0 Å². The number of ether oxygens (including phenoxy) is 1. The van der Waals surface area contributed by atoms with Gasteiger partial charge < -0.3 is 15.2 Å². The van der Waals surface area contributed by atoms with E-state index in [9.17, 15) is 5.11 Å². The summed E-state index contributed by atoms with van der Waals surface area (Å²) in [6.07, 6.45) is -0.460. The van der Waals surface area contributed by atoms with E-state index >= 15 is 0 Å². The molecule has 0 spiro atoms. The van der Waals surface area contributed by atoms with Gasteiger partial charge in [-0.1, -0.05) is 6.07 Å². The van der Waals surface area contributed by atoms with Gasteiger partial charge in [-0.25, -0.2) is 0 Å². The lowest BCUT2D eigenvalue weighted by molar-refractivity contribution is 0.108. The monoisotopic (exact) mass is 307 g/mol. The Labute approximate surface area is 97.6 Å². The topological polar surface area (TPSA) is 41.5 Å². The standard InChI is InChI=1S/C10H14INO2/c1-12-6-9(13)7-14-10-4-2-3-8(11)5-10/h2-5,9,12-13H,6-7H2,1H3. The van der Waals surface area contributed by atoms with Crippen LogP contribution in [0, 0.1) is 3.57 Å².